The monoisotopic (exact) mass is 400 g/mol. The van der Waals surface area contributed by atoms with Gasteiger partial charge in [-0.3, -0.25) is 9.59 Å². The number of carbonyl (C=O) groups excluding carboxylic acids is 2. The molecule has 4 nitrogen and oxygen atoms in total. The first-order valence-electron chi connectivity index (χ1n) is 9.69. The number of benzene rings is 1. The van der Waals surface area contributed by atoms with Gasteiger partial charge in [-0.25, -0.2) is 0 Å². The molecule has 1 aliphatic rings. The van der Waals surface area contributed by atoms with Crippen LogP contribution >= 0.6 is 0 Å². The van der Waals surface area contributed by atoms with E-state index in [9.17, 15) is 22.8 Å². The van der Waals surface area contributed by atoms with Crippen LogP contribution in [0.25, 0.3) is 0 Å². The zero-order chi connectivity index (χ0) is 20.7. The van der Waals surface area contributed by atoms with E-state index in [4.69, 9.17) is 9.47 Å². The Morgan fingerprint density at radius 1 is 1.25 bits per heavy atom. The lowest BCUT2D eigenvalue weighted by Crippen LogP contribution is -2.23. The van der Waals surface area contributed by atoms with Crippen molar-refractivity contribution in [1.29, 1.82) is 0 Å². The number of halogens is 3. The normalized spacial score (nSPS) is 19.2. The highest BCUT2D eigenvalue weighted by Crippen LogP contribution is 2.28. The molecule has 0 aliphatic carbocycles. The maximum atomic E-state index is 12.5. The lowest BCUT2D eigenvalue weighted by atomic mass is 9.89. The molecule has 1 aliphatic heterocycles. The molecule has 1 saturated heterocycles. The molecule has 156 valence electrons. The van der Waals surface area contributed by atoms with Crippen molar-refractivity contribution in [2.24, 2.45) is 5.92 Å². The van der Waals surface area contributed by atoms with E-state index in [2.05, 4.69) is 0 Å². The van der Waals surface area contributed by atoms with Gasteiger partial charge in [-0.1, -0.05) is 44.5 Å². The molecule has 1 aromatic carbocycles. The summed E-state index contributed by atoms with van der Waals surface area (Å²) in [5, 5.41) is 0. The molecule has 7 heteroatoms. The molecule has 0 aromatic heterocycles. The first-order valence-corrected chi connectivity index (χ1v) is 9.69. The van der Waals surface area contributed by atoms with E-state index in [1.54, 1.807) is 19.1 Å². The Morgan fingerprint density at radius 3 is 2.46 bits per heavy atom. The third-order valence-electron chi connectivity index (χ3n) is 5.05. The molecule has 1 aromatic rings. The molecule has 0 spiro atoms. The number of hydrogen-bond donors (Lipinski definition) is 0. The molecule has 3 atom stereocenters. The van der Waals surface area contributed by atoms with E-state index in [-0.39, 0.29) is 42.4 Å². The van der Waals surface area contributed by atoms with Crippen LogP contribution in [0.1, 0.15) is 63.0 Å². The lowest BCUT2D eigenvalue weighted by Gasteiger charge is -2.18. The highest BCUT2D eigenvalue weighted by atomic mass is 19.4. The Labute approximate surface area is 163 Å². The second kappa shape index (κ2) is 9.94. The number of esters is 2. The van der Waals surface area contributed by atoms with E-state index in [0.717, 1.165) is 24.8 Å². The van der Waals surface area contributed by atoms with E-state index in [1.807, 2.05) is 6.92 Å². The number of alkyl halides is 3. The SMILES string of the molecule is CCC(CCCC(C)C(=O)OC1COC(=O)C1)c1ccc(CC(F)(F)F)cc1. The van der Waals surface area contributed by atoms with Gasteiger partial charge in [0, 0.05) is 0 Å². The second-order valence-corrected chi connectivity index (χ2v) is 7.42. The fourth-order valence-electron chi connectivity index (χ4n) is 3.38. The largest absolute Gasteiger partial charge is 0.462 e. The minimum absolute atomic E-state index is 0.112. The summed E-state index contributed by atoms with van der Waals surface area (Å²) in [5.74, 6) is -0.711. The standard InChI is InChI=1S/C21H27F3O4/c1-3-16(17-9-7-15(8-10-17)12-21(22,23)24)6-4-5-14(2)20(26)28-18-11-19(25)27-13-18/h7-10,14,16,18H,3-6,11-13H2,1-2H3. The van der Waals surface area contributed by atoms with E-state index in [1.165, 1.54) is 12.1 Å². The van der Waals surface area contributed by atoms with Crippen molar-refractivity contribution < 1.29 is 32.2 Å². The van der Waals surface area contributed by atoms with Crippen molar-refractivity contribution >= 4 is 11.9 Å². The molecular formula is C21H27F3O4. The summed E-state index contributed by atoms with van der Waals surface area (Å²) in [6.45, 7) is 3.97. The van der Waals surface area contributed by atoms with Crippen molar-refractivity contribution in [2.75, 3.05) is 6.61 Å². The maximum Gasteiger partial charge on any atom is 0.393 e. The molecule has 3 unspecified atom stereocenters. The Kier molecular flexibility index (Phi) is 7.89. The van der Waals surface area contributed by atoms with Gasteiger partial charge in [0.2, 0.25) is 0 Å². The summed E-state index contributed by atoms with van der Waals surface area (Å²) in [4.78, 5) is 23.1. The average molecular weight is 400 g/mol. The summed E-state index contributed by atoms with van der Waals surface area (Å²) >= 11 is 0. The van der Waals surface area contributed by atoms with E-state index in [0.29, 0.717) is 6.42 Å². The summed E-state index contributed by atoms with van der Waals surface area (Å²) in [6.07, 6.45) is -2.31. The van der Waals surface area contributed by atoms with Gasteiger partial charge >= 0.3 is 18.1 Å². The molecule has 0 bridgehead atoms. The van der Waals surface area contributed by atoms with Crippen molar-refractivity contribution in [3.63, 3.8) is 0 Å². The Hall–Kier alpha value is -2.05. The molecule has 0 N–H and O–H groups in total. The third kappa shape index (κ3) is 7.17. The average Bonchev–Trinajstić information content (AvgIpc) is 3.03. The summed E-state index contributed by atoms with van der Waals surface area (Å²) in [6, 6.07) is 6.61. The Morgan fingerprint density at radius 2 is 1.93 bits per heavy atom. The van der Waals surface area contributed by atoms with Crippen molar-refractivity contribution in [3.05, 3.63) is 35.4 Å². The zero-order valence-corrected chi connectivity index (χ0v) is 16.3. The van der Waals surface area contributed by atoms with Crippen molar-refractivity contribution in [1.82, 2.24) is 0 Å². The predicted octanol–water partition coefficient (Wildman–Crippen LogP) is 4.95. The minimum Gasteiger partial charge on any atom is -0.462 e. The van der Waals surface area contributed by atoms with Crippen LogP contribution in [0.15, 0.2) is 24.3 Å². The predicted molar refractivity (Wildman–Crippen MR) is 97.7 cm³/mol. The quantitative estimate of drug-likeness (QED) is 0.551. The van der Waals surface area contributed by atoms with Gasteiger partial charge in [-0.15, -0.1) is 0 Å². The number of ether oxygens (including phenoxy) is 2. The smallest absolute Gasteiger partial charge is 0.393 e. The summed E-state index contributed by atoms with van der Waals surface area (Å²) < 4.78 is 47.4. The highest BCUT2D eigenvalue weighted by Gasteiger charge is 2.29. The first-order chi connectivity index (χ1) is 13.2. The Balaban J connectivity index is 1.78. The topological polar surface area (TPSA) is 52.6 Å². The summed E-state index contributed by atoms with van der Waals surface area (Å²) in [7, 11) is 0. The third-order valence-corrected chi connectivity index (χ3v) is 5.05. The van der Waals surface area contributed by atoms with Crippen molar-refractivity contribution in [2.45, 2.75) is 70.6 Å². The zero-order valence-electron chi connectivity index (χ0n) is 16.3. The molecular weight excluding hydrogens is 373 g/mol. The fourth-order valence-corrected chi connectivity index (χ4v) is 3.38. The molecule has 2 rings (SSSR count). The van der Waals surface area contributed by atoms with Gasteiger partial charge in [0.25, 0.3) is 0 Å². The number of rotatable bonds is 9. The molecule has 1 heterocycles. The number of carbonyl (C=O) groups is 2. The van der Waals surface area contributed by atoms with Gasteiger partial charge in [0.1, 0.15) is 12.7 Å². The van der Waals surface area contributed by atoms with Crippen LogP contribution in [0.5, 0.6) is 0 Å². The van der Waals surface area contributed by atoms with Crippen LogP contribution in [-0.4, -0.2) is 30.8 Å². The van der Waals surface area contributed by atoms with Crippen LogP contribution < -0.4 is 0 Å². The minimum atomic E-state index is -4.20. The van der Waals surface area contributed by atoms with Crippen LogP contribution in [0.3, 0.4) is 0 Å². The Bertz CT molecular complexity index is 655. The fraction of sp³-hybridized carbons (Fsp3) is 0.619. The van der Waals surface area contributed by atoms with Gasteiger partial charge in [-0.05, 0) is 36.3 Å². The molecule has 0 radical (unpaired) electrons. The molecule has 0 amide bonds. The van der Waals surface area contributed by atoms with Gasteiger partial charge < -0.3 is 9.47 Å². The maximum absolute atomic E-state index is 12.5. The van der Waals surface area contributed by atoms with E-state index >= 15 is 0 Å². The highest BCUT2D eigenvalue weighted by molar-refractivity contribution is 5.75. The molecule has 0 saturated carbocycles. The van der Waals surface area contributed by atoms with E-state index < -0.39 is 18.7 Å². The van der Waals surface area contributed by atoms with Crippen LogP contribution in [0, 0.1) is 5.92 Å². The van der Waals surface area contributed by atoms with Crippen LogP contribution in [-0.2, 0) is 25.5 Å². The van der Waals surface area contributed by atoms with Gasteiger partial charge in [0.05, 0.1) is 18.8 Å². The van der Waals surface area contributed by atoms with Crippen LogP contribution in [0.4, 0.5) is 13.2 Å². The second-order valence-electron chi connectivity index (χ2n) is 7.42. The molecule has 28 heavy (non-hydrogen) atoms. The number of hydrogen-bond acceptors (Lipinski definition) is 4. The van der Waals surface area contributed by atoms with Gasteiger partial charge in [-0.2, -0.15) is 13.2 Å². The summed E-state index contributed by atoms with van der Waals surface area (Å²) in [5.41, 5.74) is 1.28. The van der Waals surface area contributed by atoms with Crippen LogP contribution in [0.2, 0.25) is 0 Å². The first kappa shape index (κ1) is 22.2. The van der Waals surface area contributed by atoms with Crippen molar-refractivity contribution in [3.8, 4) is 0 Å². The molecule has 1 fully saturated rings. The van der Waals surface area contributed by atoms with Gasteiger partial charge in [0.15, 0.2) is 0 Å². The number of cyclic esters (lactones) is 1. The lowest BCUT2D eigenvalue weighted by molar-refractivity contribution is -0.153.